The topological polar surface area (TPSA) is 73.2 Å². The molecule has 1 aromatic heterocycles. The van der Waals surface area contributed by atoms with Crippen LogP contribution in [0.15, 0.2) is 18.2 Å². The molecular weight excluding hydrogens is 237 g/mol. The first-order valence-corrected chi connectivity index (χ1v) is 5.33. The largest absolute Gasteiger partial charge is 0.496 e. The second-order valence-electron chi connectivity index (χ2n) is 3.75. The fourth-order valence-corrected chi connectivity index (χ4v) is 1.80. The Balaban J connectivity index is 2.57. The molecule has 0 unspecified atom stereocenters. The van der Waals surface area contributed by atoms with Gasteiger partial charge in [-0.05, 0) is 12.1 Å². The third kappa shape index (κ3) is 2.14. The maximum Gasteiger partial charge on any atom is 0.145 e. The highest BCUT2D eigenvalue weighted by atomic mass is 19.1. The van der Waals surface area contributed by atoms with Gasteiger partial charge >= 0.3 is 0 Å². The zero-order chi connectivity index (χ0) is 13.1. The van der Waals surface area contributed by atoms with Gasteiger partial charge in [0.05, 0.1) is 25.0 Å². The number of nitrogens with two attached hydrogens (primary N) is 1. The number of nitrogens with zero attached hydrogens (tertiary/aromatic N) is 1. The van der Waals surface area contributed by atoms with Crippen LogP contribution in [0.25, 0.3) is 11.3 Å². The summed E-state index contributed by atoms with van der Waals surface area (Å²) in [6, 6.07) is 4.63. The maximum absolute atomic E-state index is 13.7. The van der Waals surface area contributed by atoms with Crippen LogP contribution in [0.4, 0.5) is 10.2 Å². The first kappa shape index (κ1) is 12.4. The average Bonchev–Trinajstić information content (AvgIpc) is 2.78. The smallest absolute Gasteiger partial charge is 0.145 e. The Morgan fingerprint density at radius 2 is 2.17 bits per heavy atom. The summed E-state index contributed by atoms with van der Waals surface area (Å²) in [5, 5.41) is 6.61. The molecule has 3 N–H and O–H groups in total. The standard InChI is InChI=1S/C12H14FN3O2/c1-17-6-8-9(13)4-3-7(12(8)18-2)10-5-11(14)16-15-10/h3-5H,6H2,1-2H3,(H3,14,15,16). The van der Waals surface area contributed by atoms with Crippen molar-refractivity contribution >= 4 is 5.82 Å². The molecule has 0 amide bonds. The third-order valence-electron chi connectivity index (χ3n) is 2.58. The lowest BCUT2D eigenvalue weighted by Gasteiger charge is -2.13. The zero-order valence-corrected chi connectivity index (χ0v) is 10.2. The van der Waals surface area contributed by atoms with Crippen LogP contribution in [0.3, 0.4) is 0 Å². The summed E-state index contributed by atoms with van der Waals surface area (Å²) >= 11 is 0. The molecule has 0 aliphatic carbocycles. The molecule has 0 spiro atoms. The van der Waals surface area contributed by atoms with Crippen molar-refractivity contribution in [3.8, 4) is 17.0 Å². The van der Waals surface area contributed by atoms with Crippen LogP contribution >= 0.6 is 0 Å². The second-order valence-corrected chi connectivity index (χ2v) is 3.75. The third-order valence-corrected chi connectivity index (χ3v) is 2.58. The number of anilines is 1. The molecule has 0 saturated heterocycles. The monoisotopic (exact) mass is 251 g/mol. The van der Waals surface area contributed by atoms with Gasteiger partial charge in [0.25, 0.3) is 0 Å². The number of ether oxygens (including phenoxy) is 2. The predicted octanol–water partition coefficient (Wildman–Crippen LogP) is 1.95. The summed E-state index contributed by atoms with van der Waals surface area (Å²) in [5.41, 5.74) is 7.28. The predicted molar refractivity (Wildman–Crippen MR) is 65.7 cm³/mol. The van der Waals surface area contributed by atoms with Crippen molar-refractivity contribution in [1.82, 2.24) is 10.2 Å². The molecule has 0 radical (unpaired) electrons. The first-order valence-electron chi connectivity index (χ1n) is 5.33. The lowest BCUT2D eigenvalue weighted by atomic mass is 10.1. The van der Waals surface area contributed by atoms with E-state index in [-0.39, 0.29) is 12.4 Å². The summed E-state index contributed by atoms with van der Waals surface area (Å²) in [6.07, 6.45) is 0. The van der Waals surface area contributed by atoms with Crippen LogP contribution in [-0.2, 0) is 11.3 Å². The quantitative estimate of drug-likeness (QED) is 0.871. The van der Waals surface area contributed by atoms with Gasteiger partial charge in [0.2, 0.25) is 0 Å². The minimum atomic E-state index is -0.370. The molecule has 0 saturated carbocycles. The molecule has 0 aliphatic rings. The van der Waals surface area contributed by atoms with Crippen LogP contribution in [-0.4, -0.2) is 24.4 Å². The molecule has 0 bridgehead atoms. The summed E-state index contributed by atoms with van der Waals surface area (Å²) in [6.45, 7) is 0.131. The molecule has 0 fully saturated rings. The van der Waals surface area contributed by atoms with E-state index in [1.54, 1.807) is 12.1 Å². The highest BCUT2D eigenvalue weighted by Crippen LogP contribution is 2.34. The van der Waals surface area contributed by atoms with Crippen molar-refractivity contribution in [1.29, 1.82) is 0 Å². The second kappa shape index (κ2) is 5.05. The Morgan fingerprint density at radius 1 is 1.39 bits per heavy atom. The van der Waals surface area contributed by atoms with Crippen molar-refractivity contribution in [3.05, 3.63) is 29.6 Å². The zero-order valence-electron chi connectivity index (χ0n) is 10.2. The molecule has 96 valence electrons. The van der Waals surface area contributed by atoms with Gasteiger partial charge in [-0.15, -0.1) is 0 Å². The number of rotatable bonds is 4. The fraction of sp³-hybridized carbons (Fsp3) is 0.250. The molecule has 2 rings (SSSR count). The van der Waals surface area contributed by atoms with E-state index in [1.165, 1.54) is 20.3 Å². The lowest BCUT2D eigenvalue weighted by Crippen LogP contribution is -2.00. The molecular formula is C12H14FN3O2. The van der Waals surface area contributed by atoms with Crippen LogP contribution in [0, 0.1) is 5.82 Å². The van der Waals surface area contributed by atoms with E-state index in [0.717, 1.165) is 0 Å². The number of hydrogen-bond donors (Lipinski definition) is 2. The summed E-state index contributed by atoms with van der Waals surface area (Å²) < 4.78 is 24.0. The Morgan fingerprint density at radius 3 is 2.72 bits per heavy atom. The number of nitrogen functional groups attached to an aromatic ring is 1. The van der Waals surface area contributed by atoms with E-state index < -0.39 is 0 Å². The molecule has 0 aliphatic heterocycles. The van der Waals surface area contributed by atoms with E-state index in [1.807, 2.05) is 0 Å². The Hall–Kier alpha value is -2.08. The normalized spacial score (nSPS) is 10.6. The van der Waals surface area contributed by atoms with E-state index in [9.17, 15) is 4.39 Å². The van der Waals surface area contributed by atoms with Crippen LogP contribution in [0.5, 0.6) is 5.75 Å². The SMILES string of the molecule is COCc1c(F)ccc(-c2cc(N)n[nH]2)c1OC. The number of benzene rings is 1. The number of halogens is 1. The van der Waals surface area contributed by atoms with Crippen LogP contribution in [0.1, 0.15) is 5.56 Å². The molecule has 1 heterocycles. The summed E-state index contributed by atoms with van der Waals surface area (Å²) in [7, 11) is 2.98. The minimum absolute atomic E-state index is 0.131. The fourth-order valence-electron chi connectivity index (χ4n) is 1.80. The maximum atomic E-state index is 13.7. The Bertz CT molecular complexity index is 554. The van der Waals surface area contributed by atoms with Crippen molar-refractivity contribution in [2.24, 2.45) is 0 Å². The van der Waals surface area contributed by atoms with Gasteiger partial charge in [-0.25, -0.2) is 4.39 Å². The lowest BCUT2D eigenvalue weighted by molar-refractivity contribution is 0.178. The van der Waals surface area contributed by atoms with Gasteiger partial charge in [0.1, 0.15) is 17.4 Å². The van der Waals surface area contributed by atoms with E-state index in [0.29, 0.717) is 28.4 Å². The van der Waals surface area contributed by atoms with Crippen molar-refractivity contribution < 1.29 is 13.9 Å². The highest BCUT2D eigenvalue weighted by Gasteiger charge is 2.16. The molecule has 0 atom stereocenters. The summed E-state index contributed by atoms with van der Waals surface area (Å²) in [4.78, 5) is 0. The number of aromatic nitrogens is 2. The van der Waals surface area contributed by atoms with Gasteiger partial charge in [-0.1, -0.05) is 0 Å². The van der Waals surface area contributed by atoms with Crippen molar-refractivity contribution in [2.75, 3.05) is 20.0 Å². The van der Waals surface area contributed by atoms with Crippen LogP contribution in [0.2, 0.25) is 0 Å². The number of H-pyrrole nitrogens is 1. The number of methoxy groups -OCH3 is 2. The Labute approximate surface area is 104 Å². The van der Waals surface area contributed by atoms with E-state index >= 15 is 0 Å². The summed E-state index contributed by atoms with van der Waals surface area (Å²) in [5.74, 6) is 0.412. The molecule has 6 heteroatoms. The van der Waals surface area contributed by atoms with E-state index in [4.69, 9.17) is 15.2 Å². The number of nitrogens with one attached hydrogen (secondary N) is 1. The molecule has 5 nitrogen and oxygen atoms in total. The van der Waals surface area contributed by atoms with Gasteiger partial charge in [-0.3, -0.25) is 5.10 Å². The van der Waals surface area contributed by atoms with Gasteiger partial charge in [0.15, 0.2) is 0 Å². The minimum Gasteiger partial charge on any atom is -0.496 e. The van der Waals surface area contributed by atoms with Gasteiger partial charge in [-0.2, -0.15) is 5.10 Å². The first-order chi connectivity index (χ1) is 8.67. The van der Waals surface area contributed by atoms with Crippen LogP contribution < -0.4 is 10.5 Å². The molecule has 18 heavy (non-hydrogen) atoms. The molecule has 2 aromatic rings. The van der Waals surface area contributed by atoms with E-state index in [2.05, 4.69) is 10.2 Å². The van der Waals surface area contributed by atoms with Gasteiger partial charge in [0, 0.05) is 18.7 Å². The van der Waals surface area contributed by atoms with Gasteiger partial charge < -0.3 is 15.2 Å². The average molecular weight is 251 g/mol. The highest BCUT2D eigenvalue weighted by molar-refractivity contribution is 5.71. The number of aromatic amines is 1. The Kier molecular flexibility index (Phi) is 3.47. The molecule has 1 aromatic carbocycles. The number of hydrogen-bond acceptors (Lipinski definition) is 4. The van der Waals surface area contributed by atoms with Crippen molar-refractivity contribution in [2.45, 2.75) is 6.61 Å². The van der Waals surface area contributed by atoms with Crippen molar-refractivity contribution in [3.63, 3.8) is 0 Å².